The van der Waals surface area contributed by atoms with Crippen molar-refractivity contribution >= 4 is 16.9 Å². The summed E-state index contributed by atoms with van der Waals surface area (Å²) in [7, 11) is 0. The van der Waals surface area contributed by atoms with Crippen molar-refractivity contribution in [1.29, 1.82) is 0 Å². The molecule has 0 saturated carbocycles. The zero-order chi connectivity index (χ0) is 20.8. The summed E-state index contributed by atoms with van der Waals surface area (Å²) in [6, 6.07) is 14.3. The summed E-state index contributed by atoms with van der Waals surface area (Å²) >= 11 is 0. The minimum absolute atomic E-state index is 0.0379. The molecule has 1 aromatic heterocycles. The number of benzene rings is 2. The molecule has 0 aliphatic rings. The Bertz CT molecular complexity index is 975. The quantitative estimate of drug-likeness (QED) is 0.547. The number of fused-ring (bicyclic) bond motifs is 1. The van der Waals surface area contributed by atoms with Crippen molar-refractivity contribution < 1.29 is 9.53 Å². The molecule has 1 amide bonds. The van der Waals surface area contributed by atoms with Crippen molar-refractivity contribution in [3.8, 4) is 5.75 Å². The van der Waals surface area contributed by atoms with Crippen LogP contribution in [0.5, 0.6) is 5.75 Å². The molecule has 5 heteroatoms. The molecule has 0 fully saturated rings. The van der Waals surface area contributed by atoms with Crippen LogP contribution in [-0.2, 0) is 17.8 Å². The van der Waals surface area contributed by atoms with E-state index in [1.807, 2.05) is 38.1 Å². The van der Waals surface area contributed by atoms with Crippen LogP contribution in [0.25, 0.3) is 11.0 Å². The predicted octanol–water partition coefficient (Wildman–Crippen LogP) is 4.44. The maximum atomic E-state index is 12.1. The summed E-state index contributed by atoms with van der Waals surface area (Å²) in [5.74, 6) is 2.30. The number of amides is 1. The number of rotatable bonds is 9. The van der Waals surface area contributed by atoms with Gasteiger partial charge in [-0.3, -0.25) is 4.79 Å². The van der Waals surface area contributed by atoms with Gasteiger partial charge in [-0.05, 0) is 55.5 Å². The highest BCUT2D eigenvalue weighted by molar-refractivity contribution is 5.77. The van der Waals surface area contributed by atoms with E-state index in [0.29, 0.717) is 12.5 Å². The monoisotopic (exact) mass is 393 g/mol. The van der Waals surface area contributed by atoms with Crippen LogP contribution in [0.1, 0.15) is 37.2 Å². The molecule has 1 N–H and O–H groups in total. The minimum Gasteiger partial charge on any atom is -0.483 e. The molecule has 3 rings (SSSR count). The molecular weight excluding hydrogens is 362 g/mol. The third kappa shape index (κ3) is 5.59. The first-order valence-electron chi connectivity index (χ1n) is 10.3. The first-order chi connectivity index (χ1) is 13.9. The van der Waals surface area contributed by atoms with Crippen molar-refractivity contribution in [1.82, 2.24) is 14.9 Å². The molecule has 5 nitrogen and oxygen atoms in total. The highest BCUT2D eigenvalue weighted by Gasteiger charge is 2.12. The fourth-order valence-corrected chi connectivity index (χ4v) is 3.42. The van der Waals surface area contributed by atoms with Crippen molar-refractivity contribution in [3.63, 3.8) is 0 Å². The average molecular weight is 394 g/mol. The standard InChI is InChI=1S/C24H31N3O2/c1-17(2)15-27-21-9-6-5-8-20(21)26-23(27)10-7-13-25-24(28)16-29-22-14-18(3)11-12-19(22)4/h5-6,8-9,11-12,14,17H,7,10,13,15-16H2,1-4H3,(H,25,28). The summed E-state index contributed by atoms with van der Waals surface area (Å²) in [5, 5.41) is 2.95. The molecule has 0 aliphatic heterocycles. The Morgan fingerprint density at radius 1 is 1.17 bits per heavy atom. The predicted molar refractivity (Wildman–Crippen MR) is 117 cm³/mol. The fourth-order valence-electron chi connectivity index (χ4n) is 3.42. The zero-order valence-corrected chi connectivity index (χ0v) is 17.9. The topological polar surface area (TPSA) is 56.1 Å². The van der Waals surface area contributed by atoms with Gasteiger partial charge in [-0.15, -0.1) is 0 Å². The van der Waals surface area contributed by atoms with Gasteiger partial charge in [0.1, 0.15) is 11.6 Å². The van der Waals surface area contributed by atoms with Crippen molar-refractivity contribution in [2.45, 2.75) is 47.1 Å². The van der Waals surface area contributed by atoms with E-state index in [1.165, 1.54) is 5.52 Å². The van der Waals surface area contributed by atoms with E-state index >= 15 is 0 Å². The van der Waals surface area contributed by atoms with E-state index in [9.17, 15) is 4.79 Å². The number of hydrogen-bond donors (Lipinski definition) is 1. The summed E-state index contributed by atoms with van der Waals surface area (Å²) in [4.78, 5) is 16.9. The summed E-state index contributed by atoms with van der Waals surface area (Å²) in [6.45, 7) is 10.0. The molecule has 0 saturated heterocycles. The minimum atomic E-state index is -0.0958. The molecule has 1 heterocycles. The number of ether oxygens (including phenoxy) is 1. The molecule has 0 bridgehead atoms. The summed E-state index contributed by atoms with van der Waals surface area (Å²) in [5.41, 5.74) is 4.37. The fraction of sp³-hybridized carbons (Fsp3) is 0.417. The molecule has 0 spiro atoms. The van der Waals surface area contributed by atoms with E-state index < -0.39 is 0 Å². The van der Waals surface area contributed by atoms with Crippen LogP contribution in [-0.4, -0.2) is 28.6 Å². The van der Waals surface area contributed by atoms with Crippen molar-refractivity contribution in [2.75, 3.05) is 13.2 Å². The van der Waals surface area contributed by atoms with Crippen molar-refractivity contribution in [2.24, 2.45) is 5.92 Å². The van der Waals surface area contributed by atoms with Crippen LogP contribution in [0.3, 0.4) is 0 Å². The Morgan fingerprint density at radius 3 is 2.76 bits per heavy atom. The molecule has 0 unspecified atom stereocenters. The molecule has 0 atom stereocenters. The molecule has 29 heavy (non-hydrogen) atoms. The van der Waals surface area contributed by atoms with Gasteiger partial charge in [0.2, 0.25) is 0 Å². The second-order valence-corrected chi connectivity index (χ2v) is 8.03. The molecule has 2 aromatic carbocycles. The highest BCUT2D eigenvalue weighted by atomic mass is 16.5. The Balaban J connectivity index is 1.50. The molecule has 0 radical (unpaired) electrons. The number of aryl methyl sites for hydroxylation is 3. The third-order valence-electron chi connectivity index (χ3n) is 4.88. The van der Waals surface area contributed by atoms with Crippen LogP contribution in [0.15, 0.2) is 42.5 Å². The second-order valence-electron chi connectivity index (χ2n) is 8.03. The molecule has 3 aromatic rings. The Kier molecular flexibility index (Phi) is 6.91. The van der Waals surface area contributed by atoms with E-state index in [1.54, 1.807) is 0 Å². The van der Waals surface area contributed by atoms with Crippen LogP contribution >= 0.6 is 0 Å². The van der Waals surface area contributed by atoms with Crippen LogP contribution in [0, 0.1) is 19.8 Å². The van der Waals surface area contributed by atoms with Gasteiger partial charge in [0.15, 0.2) is 6.61 Å². The van der Waals surface area contributed by atoms with Gasteiger partial charge < -0.3 is 14.6 Å². The number of carbonyl (C=O) groups excluding carboxylic acids is 1. The van der Waals surface area contributed by atoms with Crippen LogP contribution in [0.4, 0.5) is 0 Å². The first kappa shape index (κ1) is 20.9. The van der Waals surface area contributed by atoms with Crippen LogP contribution in [0.2, 0.25) is 0 Å². The Labute approximate surface area is 173 Å². The second kappa shape index (κ2) is 9.59. The van der Waals surface area contributed by atoms with E-state index in [0.717, 1.165) is 47.6 Å². The number of carbonyl (C=O) groups is 1. The number of nitrogens with zero attached hydrogens (tertiary/aromatic N) is 2. The number of aromatic nitrogens is 2. The largest absolute Gasteiger partial charge is 0.483 e. The van der Waals surface area contributed by atoms with Gasteiger partial charge in [-0.1, -0.05) is 38.1 Å². The smallest absolute Gasteiger partial charge is 0.257 e. The number of para-hydroxylation sites is 2. The van der Waals surface area contributed by atoms with Gasteiger partial charge >= 0.3 is 0 Å². The Morgan fingerprint density at radius 2 is 1.97 bits per heavy atom. The maximum Gasteiger partial charge on any atom is 0.257 e. The number of nitrogens with one attached hydrogen (secondary N) is 1. The summed E-state index contributed by atoms with van der Waals surface area (Å²) < 4.78 is 7.98. The van der Waals surface area contributed by atoms with Crippen LogP contribution < -0.4 is 10.1 Å². The lowest BCUT2D eigenvalue weighted by atomic mass is 10.1. The average Bonchev–Trinajstić information content (AvgIpc) is 3.03. The first-order valence-corrected chi connectivity index (χ1v) is 10.3. The lowest BCUT2D eigenvalue weighted by Gasteiger charge is -2.12. The van der Waals surface area contributed by atoms with E-state index in [4.69, 9.17) is 9.72 Å². The normalized spacial score (nSPS) is 11.2. The molecule has 154 valence electrons. The Hall–Kier alpha value is -2.82. The molecule has 0 aliphatic carbocycles. The third-order valence-corrected chi connectivity index (χ3v) is 4.88. The number of imidazole rings is 1. The SMILES string of the molecule is Cc1ccc(C)c(OCC(=O)NCCCc2nc3ccccc3n2CC(C)C)c1. The van der Waals surface area contributed by atoms with Gasteiger partial charge in [-0.2, -0.15) is 0 Å². The van der Waals surface area contributed by atoms with Crippen molar-refractivity contribution in [3.05, 3.63) is 59.4 Å². The lowest BCUT2D eigenvalue weighted by Crippen LogP contribution is -2.30. The highest BCUT2D eigenvalue weighted by Crippen LogP contribution is 2.20. The lowest BCUT2D eigenvalue weighted by molar-refractivity contribution is -0.123. The maximum absolute atomic E-state index is 12.1. The van der Waals surface area contributed by atoms with Gasteiger partial charge in [-0.25, -0.2) is 4.98 Å². The van der Waals surface area contributed by atoms with Gasteiger partial charge in [0.25, 0.3) is 5.91 Å². The van der Waals surface area contributed by atoms with E-state index in [2.05, 4.69) is 41.9 Å². The van der Waals surface area contributed by atoms with E-state index in [-0.39, 0.29) is 12.5 Å². The van der Waals surface area contributed by atoms with Gasteiger partial charge in [0.05, 0.1) is 11.0 Å². The zero-order valence-electron chi connectivity index (χ0n) is 17.9. The summed E-state index contributed by atoms with van der Waals surface area (Å²) in [6.07, 6.45) is 1.68. The molecular formula is C24H31N3O2. The van der Waals surface area contributed by atoms with Gasteiger partial charge in [0, 0.05) is 19.5 Å². The number of hydrogen-bond acceptors (Lipinski definition) is 3.